The number of alkyl halides is 2. The van der Waals surface area contributed by atoms with Crippen molar-refractivity contribution < 1.29 is 23.5 Å². The molecule has 0 aromatic heterocycles. The van der Waals surface area contributed by atoms with E-state index >= 15 is 0 Å². The van der Waals surface area contributed by atoms with Gasteiger partial charge in [-0.15, -0.1) is 0 Å². The Morgan fingerprint density at radius 1 is 1.05 bits per heavy atom. The maximum atomic E-state index is 13.0. The zero-order chi connectivity index (χ0) is 14.0. The summed E-state index contributed by atoms with van der Waals surface area (Å²) in [5.74, 6) is -4.37. The molecule has 0 aromatic carbocycles. The first-order valence-electron chi connectivity index (χ1n) is 6.78. The molecule has 2 aliphatic rings. The Kier molecular flexibility index (Phi) is 4.06. The van der Waals surface area contributed by atoms with Crippen LogP contribution in [0.25, 0.3) is 0 Å². The lowest BCUT2D eigenvalue weighted by Gasteiger charge is -2.28. The van der Waals surface area contributed by atoms with Crippen LogP contribution in [0.2, 0.25) is 0 Å². The summed E-state index contributed by atoms with van der Waals surface area (Å²) in [5, 5.41) is 11.7. The van der Waals surface area contributed by atoms with Crippen LogP contribution in [0.1, 0.15) is 44.9 Å². The molecule has 6 heteroatoms. The zero-order valence-electron chi connectivity index (χ0n) is 10.7. The summed E-state index contributed by atoms with van der Waals surface area (Å²) in [6.45, 7) is 0. The minimum Gasteiger partial charge on any atom is -0.481 e. The number of carbonyl (C=O) groups is 2. The number of amides is 1. The number of halogens is 2. The van der Waals surface area contributed by atoms with Crippen LogP contribution in [0.3, 0.4) is 0 Å². The fourth-order valence-electron chi connectivity index (χ4n) is 2.96. The topological polar surface area (TPSA) is 66.4 Å². The molecule has 0 spiro atoms. The second-order valence-electron chi connectivity index (χ2n) is 5.68. The largest absolute Gasteiger partial charge is 0.481 e. The van der Waals surface area contributed by atoms with E-state index in [4.69, 9.17) is 5.11 Å². The Balaban J connectivity index is 1.78. The molecule has 2 unspecified atom stereocenters. The van der Waals surface area contributed by atoms with Crippen LogP contribution < -0.4 is 5.32 Å². The van der Waals surface area contributed by atoms with Gasteiger partial charge in [0.15, 0.2) is 0 Å². The number of carboxylic acid groups (broad SMARTS) is 1. The molecule has 0 radical (unpaired) electrons. The van der Waals surface area contributed by atoms with Crippen LogP contribution in [0.4, 0.5) is 8.78 Å². The Hall–Kier alpha value is -1.20. The van der Waals surface area contributed by atoms with E-state index < -0.39 is 11.9 Å². The molecule has 2 saturated carbocycles. The summed E-state index contributed by atoms with van der Waals surface area (Å²) in [6, 6.07) is -0.115. The van der Waals surface area contributed by atoms with Gasteiger partial charge < -0.3 is 10.4 Å². The lowest BCUT2D eigenvalue weighted by Crippen LogP contribution is -2.40. The van der Waals surface area contributed by atoms with Crippen LogP contribution in [0, 0.1) is 11.8 Å². The highest BCUT2D eigenvalue weighted by atomic mass is 19.3. The van der Waals surface area contributed by atoms with Crippen molar-refractivity contribution in [1.82, 2.24) is 5.32 Å². The van der Waals surface area contributed by atoms with Crippen molar-refractivity contribution in [1.29, 1.82) is 0 Å². The van der Waals surface area contributed by atoms with E-state index in [2.05, 4.69) is 5.32 Å². The Morgan fingerprint density at radius 3 is 2.21 bits per heavy atom. The van der Waals surface area contributed by atoms with E-state index in [9.17, 15) is 18.4 Å². The molecule has 2 rings (SSSR count). The average Bonchev–Trinajstić information content (AvgIpc) is 2.77. The van der Waals surface area contributed by atoms with Crippen molar-refractivity contribution in [2.75, 3.05) is 0 Å². The lowest BCUT2D eigenvalue weighted by atomic mass is 9.86. The smallest absolute Gasteiger partial charge is 0.306 e. The first-order chi connectivity index (χ1) is 8.87. The first kappa shape index (κ1) is 14.2. The maximum Gasteiger partial charge on any atom is 0.306 e. The molecule has 2 aliphatic carbocycles. The van der Waals surface area contributed by atoms with E-state index in [-0.39, 0.29) is 49.5 Å². The molecule has 19 heavy (non-hydrogen) atoms. The summed E-state index contributed by atoms with van der Waals surface area (Å²) in [5.41, 5.74) is 0. The van der Waals surface area contributed by atoms with Gasteiger partial charge in [0.25, 0.3) is 0 Å². The maximum absolute atomic E-state index is 13.0. The fourth-order valence-corrected chi connectivity index (χ4v) is 2.96. The number of carboxylic acids is 1. The van der Waals surface area contributed by atoms with Crippen LogP contribution in [0.15, 0.2) is 0 Å². The fraction of sp³-hybridized carbons (Fsp3) is 0.846. The van der Waals surface area contributed by atoms with Gasteiger partial charge in [-0.05, 0) is 32.1 Å². The van der Waals surface area contributed by atoms with Gasteiger partial charge in [0.2, 0.25) is 11.8 Å². The summed E-state index contributed by atoms with van der Waals surface area (Å²) in [7, 11) is 0. The number of hydrogen-bond acceptors (Lipinski definition) is 2. The third kappa shape index (κ3) is 3.64. The third-order valence-corrected chi connectivity index (χ3v) is 4.22. The molecule has 2 atom stereocenters. The SMILES string of the molecule is O=C(O)C1CCC(NC(=O)C2CCC(F)(F)CC2)C1. The van der Waals surface area contributed by atoms with Crippen molar-refractivity contribution in [3.63, 3.8) is 0 Å². The van der Waals surface area contributed by atoms with Gasteiger partial charge in [-0.1, -0.05) is 0 Å². The van der Waals surface area contributed by atoms with E-state index in [1.807, 2.05) is 0 Å². The first-order valence-corrected chi connectivity index (χ1v) is 6.78. The molecule has 0 aromatic rings. The van der Waals surface area contributed by atoms with Gasteiger partial charge in [0.1, 0.15) is 0 Å². The minimum atomic E-state index is -2.63. The van der Waals surface area contributed by atoms with Crippen LogP contribution in [-0.2, 0) is 9.59 Å². The van der Waals surface area contributed by atoms with E-state index in [0.717, 1.165) is 0 Å². The van der Waals surface area contributed by atoms with Crippen molar-refractivity contribution in [3.8, 4) is 0 Å². The summed E-state index contributed by atoms with van der Waals surface area (Å²) in [6.07, 6.45) is 1.65. The molecular weight excluding hydrogens is 256 g/mol. The molecule has 2 N–H and O–H groups in total. The van der Waals surface area contributed by atoms with Crippen molar-refractivity contribution in [2.24, 2.45) is 11.8 Å². The number of aliphatic carboxylic acids is 1. The van der Waals surface area contributed by atoms with E-state index in [1.54, 1.807) is 0 Å². The molecule has 0 aliphatic heterocycles. The predicted molar refractivity (Wildman–Crippen MR) is 63.8 cm³/mol. The molecule has 0 heterocycles. The van der Waals surface area contributed by atoms with Gasteiger partial charge in [-0.2, -0.15) is 0 Å². The van der Waals surface area contributed by atoms with Crippen LogP contribution >= 0.6 is 0 Å². The minimum absolute atomic E-state index is 0.115. The van der Waals surface area contributed by atoms with Gasteiger partial charge in [-0.3, -0.25) is 9.59 Å². The summed E-state index contributed by atoms with van der Waals surface area (Å²) < 4.78 is 26.0. The summed E-state index contributed by atoms with van der Waals surface area (Å²) in [4.78, 5) is 22.7. The number of carbonyl (C=O) groups excluding carboxylic acids is 1. The van der Waals surface area contributed by atoms with Crippen LogP contribution in [0.5, 0.6) is 0 Å². The average molecular weight is 275 g/mol. The third-order valence-electron chi connectivity index (χ3n) is 4.22. The van der Waals surface area contributed by atoms with Gasteiger partial charge in [0.05, 0.1) is 5.92 Å². The highest BCUT2D eigenvalue weighted by molar-refractivity contribution is 5.79. The quantitative estimate of drug-likeness (QED) is 0.829. The molecule has 108 valence electrons. The second-order valence-corrected chi connectivity index (χ2v) is 5.68. The normalized spacial score (nSPS) is 31.1. The molecule has 1 amide bonds. The van der Waals surface area contributed by atoms with E-state index in [1.165, 1.54) is 0 Å². The number of rotatable bonds is 3. The number of nitrogens with one attached hydrogen (secondary N) is 1. The van der Waals surface area contributed by atoms with Crippen molar-refractivity contribution in [2.45, 2.75) is 56.9 Å². The summed E-state index contributed by atoms with van der Waals surface area (Å²) >= 11 is 0. The predicted octanol–water partition coefficient (Wildman–Crippen LogP) is 2.18. The van der Waals surface area contributed by atoms with Crippen LogP contribution in [-0.4, -0.2) is 28.9 Å². The van der Waals surface area contributed by atoms with E-state index in [0.29, 0.717) is 19.3 Å². The Labute approximate surface area is 110 Å². The molecule has 4 nitrogen and oxygen atoms in total. The second kappa shape index (κ2) is 5.43. The highest BCUT2D eigenvalue weighted by Gasteiger charge is 2.38. The van der Waals surface area contributed by atoms with Gasteiger partial charge in [-0.25, -0.2) is 8.78 Å². The molecule has 2 fully saturated rings. The van der Waals surface area contributed by atoms with Crippen molar-refractivity contribution in [3.05, 3.63) is 0 Å². The standard InChI is InChI=1S/C13H19F2NO3/c14-13(15)5-3-8(4-6-13)11(17)16-10-2-1-9(7-10)12(18)19/h8-10H,1-7H2,(H,16,17)(H,18,19). The number of hydrogen-bond donors (Lipinski definition) is 2. The highest BCUT2D eigenvalue weighted by Crippen LogP contribution is 2.36. The lowest BCUT2D eigenvalue weighted by molar-refractivity contribution is -0.141. The zero-order valence-corrected chi connectivity index (χ0v) is 10.7. The molecular formula is C13H19F2NO3. The Bertz CT molecular complexity index is 363. The molecule has 0 bridgehead atoms. The molecule has 0 saturated heterocycles. The van der Waals surface area contributed by atoms with Crippen molar-refractivity contribution >= 4 is 11.9 Å². The monoisotopic (exact) mass is 275 g/mol. The van der Waals surface area contributed by atoms with Gasteiger partial charge in [0, 0.05) is 24.8 Å². The van der Waals surface area contributed by atoms with Gasteiger partial charge >= 0.3 is 5.97 Å². The Morgan fingerprint density at radius 2 is 1.68 bits per heavy atom.